The van der Waals surface area contributed by atoms with Gasteiger partial charge >= 0.3 is 0 Å². The average molecular weight is 263 g/mol. The van der Waals surface area contributed by atoms with Crippen molar-refractivity contribution in [3.05, 3.63) is 34.2 Å². The molecular weight excluding hydrogens is 246 g/mol. The lowest BCUT2D eigenvalue weighted by atomic mass is 10.2. The Hall–Kier alpha value is -2.11. The molecule has 1 aliphatic rings. The van der Waals surface area contributed by atoms with Crippen LogP contribution in [0.15, 0.2) is 23.1 Å². The lowest BCUT2D eigenvalue weighted by Crippen LogP contribution is -2.35. The molecule has 0 saturated heterocycles. The molecule has 2 amide bonds. The maximum atomic E-state index is 11.8. The summed E-state index contributed by atoms with van der Waals surface area (Å²) in [6.45, 7) is 0.799. The number of hydrogen-bond acceptors (Lipinski definition) is 3. The number of rotatable bonds is 5. The molecular formula is C13H17N3O3. The van der Waals surface area contributed by atoms with E-state index in [2.05, 4.69) is 10.6 Å². The van der Waals surface area contributed by atoms with Crippen LogP contribution in [0.2, 0.25) is 0 Å². The second-order valence-electron chi connectivity index (χ2n) is 4.69. The summed E-state index contributed by atoms with van der Waals surface area (Å²) in [4.78, 5) is 34.3. The van der Waals surface area contributed by atoms with Crippen LogP contribution < -0.4 is 16.2 Å². The fourth-order valence-electron chi connectivity index (χ4n) is 1.68. The first-order valence-corrected chi connectivity index (χ1v) is 6.30. The molecule has 0 aliphatic heterocycles. The predicted octanol–water partition coefficient (Wildman–Crippen LogP) is -0.359. The van der Waals surface area contributed by atoms with E-state index in [9.17, 15) is 14.4 Å². The molecule has 0 radical (unpaired) electrons. The maximum absolute atomic E-state index is 11.8. The molecule has 1 heterocycles. The molecule has 0 atom stereocenters. The van der Waals surface area contributed by atoms with E-state index in [4.69, 9.17) is 0 Å². The van der Waals surface area contributed by atoms with Crippen molar-refractivity contribution in [2.45, 2.75) is 12.8 Å². The smallest absolute Gasteiger partial charge is 0.252 e. The standard InChI is InChI=1S/C13H17N3O3/c1-16-8-10(4-5-11(16)17)13(19)15-7-6-14-12(18)9-2-3-9/h4-5,8-9H,2-3,6-7H2,1H3,(H,14,18)(H,15,19). The second-order valence-corrected chi connectivity index (χ2v) is 4.69. The van der Waals surface area contributed by atoms with Crippen LogP contribution in [-0.2, 0) is 11.8 Å². The van der Waals surface area contributed by atoms with Gasteiger partial charge in [0, 0.05) is 38.3 Å². The highest BCUT2D eigenvalue weighted by atomic mass is 16.2. The molecule has 1 saturated carbocycles. The fourth-order valence-corrected chi connectivity index (χ4v) is 1.68. The van der Waals surface area contributed by atoms with Gasteiger partial charge in [-0.15, -0.1) is 0 Å². The number of aryl methyl sites for hydroxylation is 1. The van der Waals surface area contributed by atoms with Crippen LogP contribution >= 0.6 is 0 Å². The van der Waals surface area contributed by atoms with E-state index in [1.807, 2.05) is 0 Å². The Morgan fingerprint density at radius 3 is 2.58 bits per heavy atom. The molecule has 0 spiro atoms. The zero-order chi connectivity index (χ0) is 13.8. The molecule has 19 heavy (non-hydrogen) atoms. The summed E-state index contributed by atoms with van der Waals surface area (Å²) >= 11 is 0. The molecule has 6 heteroatoms. The van der Waals surface area contributed by atoms with Crippen LogP contribution in [0.3, 0.4) is 0 Å². The van der Waals surface area contributed by atoms with Gasteiger partial charge in [0.15, 0.2) is 0 Å². The molecule has 1 fully saturated rings. The fraction of sp³-hybridized carbons (Fsp3) is 0.462. The van der Waals surface area contributed by atoms with Crippen molar-refractivity contribution in [1.82, 2.24) is 15.2 Å². The number of carbonyl (C=O) groups excluding carboxylic acids is 2. The third-order valence-corrected chi connectivity index (χ3v) is 3.01. The number of pyridine rings is 1. The molecule has 0 aromatic carbocycles. The minimum absolute atomic E-state index is 0.0661. The van der Waals surface area contributed by atoms with Crippen LogP contribution in [-0.4, -0.2) is 29.5 Å². The monoisotopic (exact) mass is 263 g/mol. The molecule has 1 aromatic heterocycles. The van der Waals surface area contributed by atoms with Crippen LogP contribution in [0.5, 0.6) is 0 Å². The van der Waals surface area contributed by atoms with Crippen molar-refractivity contribution in [1.29, 1.82) is 0 Å². The highest BCUT2D eigenvalue weighted by Gasteiger charge is 2.28. The van der Waals surface area contributed by atoms with E-state index in [1.54, 1.807) is 7.05 Å². The minimum atomic E-state index is -0.253. The zero-order valence-electron chi connectivity index (χ0n) is 10.8. The van der Waals surface area contributed by atoms with E-state index >= 15 is 0 Å². The summed E-state index contributed by atoms with van der Waals surface area (Å²) < 4.78 is 1.35. The first kappa shape index (κ1) is 13.3. The minimum Gasteiger partial charge on any atom is -0.354 e. The molecule has 6 nitrogen and oxygen atoms in total. The van der Waals surface area contributed by atoms with Gasteiger partial charge in [-0.25, -0.2) is 0 Å². The quantitative estimate of drug-likeness (QED) is 0.712. The van der Waals surface area contributed by atoms with E-state index < -0.39 is 0 Å². The third kappa shape index (κ3) is 3.67. The van der Waals surface area contributed by atoms with Gasteiger partial charge in [-0.05, 0) is 18.9 Å². The number of hydrogen-bond donors (Lipinski definition) is 2. The van der Waals surface area contributed by atoms with E-state index in [1.165, 1.54) is 22.9 Å². The Morgan fingerprint density at radius 2 is 1.95 bits per heavy atom. The van der Waals surface area contributed by atoms with Crippen molar-refractivity contribution in [2.24, 2.45) is 13.0 Å². The van der Waals surface area contributed by atoms with E-state index in [0.29, 0.717) is 18.7 Å². The predicted molar refractivity (Wildman–Crippen MR) is 69.7 cm³/mol. The van der Waals surface area contributed by atoms with E-state index in [0.717, 1.165) is 12.8 Å². The lowest BCUT2D eigenvalue weighted by Gasteiger charge is -2.07. The van der Waals surface area contributed by atoms with Crippen LogP contribution in [0, 0.1) is 5.92 Å². The molecule has 0 bridgehead atoms. The lowest BCUT2D eigenvalue weighted by molar-refractivity contribution is -0.122. The van der Waals surface area contributed by atoms with Gasteiger partial charge in [-0.2, -0.15) is 0 Å². The number of carbonyl (C=O) groups is 2. The molecule has 2 N–H and O–H groups in total. The SMILES string of the molecule is Cn1cc(C(=O)NCCNC(=O)C2CC2)ccc1=O. The molecule has 1 aliphatic carbocycles. The summed E-state index contributed by atoms with van der Waals surface area (Å²) in [7, 11) is 1.59. The Bertz CT molecular complexity index is 546. The summed E-state index contributed by atoms with van der Waals surface area (Å²) in [5.41, 5.74) is 0.267. The first-order chi connectivity index (χ1) is 9.08. The third-order valence-electron chi connectivity index (χ3n) is 3.01. The number of aromatic nitrogens is 1. The van der Waals surface area contributed by atoms with Crippen molar-refractivity contribution < 1.29 is 9.59 Å². The van der Waals surface area contributed by atoms with Crippen molar-refractivity contribution in [3.8, 4) is 0 Å². The van der Waals surface area contributed by atoms with Gasteiger partial charge < -0.3 is 15.2 Å². The van der Waals surface area contributed by atoms with Gasteiger partial charge in [0.2, 0.25) is 11.5 Å². The Balaban J connectivity index is 1.75. The summed E-state index contributed by atoms with van der Waals surface area (Å²) in [6, 6.07) is 2.84. The summed E-state index contributed by atoms with van der Waals surface area (Å²) in [6.07, 6.45) is 3.42. The number of nitrogens with one attached hydrogen (secondary N) is 2. The normalized spacial score (nSPS) is 13.9. The maximum Gasteiger partial charge on any atom is 0.252 e. The molecule has 2 rings (SSSR count). The summed E-state index contributed by atoms with van der Waals surface area (Å²) in [5.74, 6) is -0.00743. The molecule has 0 unspecified atom stereocenters. The van der Waals surface area contributed by atoms with Gasteiger partial charge in [0.25, 0.3) is 5.91 Å². The van der Waals surface area contributed by atoms with Gasteiger partial charge in [-0.1, -0.05) is 0 Å². The number of nitrogens with zero attached hydrogens (tertiary/aromatic N) is 1. The highest BCUT2D eigenvalue weighted by Crippen LogP contribution is 2.28. The van der Waals surface area contributed by atoms with Crippen LogP contribution in [0.4, 0.5) is 0 Å². The van der Waals surface area contributed by atoms with Crippen molar-refractivity contribution in [2.75, 3.05) is 13.1 Å². The highest BCUT2D eigenvalue weighted by molar-refractivity contribution is 5.93. The van der Waals surface area contributed by atoms with Crippen LogP contribution in [0.25, 0.3) is 0 Å². The first-order valence-electron chi connectivity index (χ1n) is 6.30. The van der Waals surface area contributed by atoms with Gasteiger partial charge in [0.05, 0.1) is 5.56 Å². The number of amides is 2. The second kappa shape index (κ2) is 5.69. The van der Waals surface area contributed by atoms with Crippen molar-refractivity contribution in [3.63, 3.8) is 0 Å². The topological polar surface area (TPSA) is 80.2 Å². The Morgan fingerprint density at radius 1 is 1.26 bits per heavy atom. The molecule has 1 aromatic rings. The Labute approximate surface area is 110 Å². The summed E-state index contributed by atoms with van der Waals surface area (Å²) in [5, 5.41) is 5.45. The Kier molecular flexibility index (Phi) is 3.99. The largest absolute Gasteiger partial charge is 0.354 e. The average Bonchev–Trinajstić information content (AvgIpc) is 3.21. The zero-order valence-corrected chi connectivity index (χ0v) is 10.8. The van der Waals surface area contributed by atoms with Crippen LogP contribution in [0.1, 0.15) is 23.2 Å². The van der Waals surface area contributed by atoms with Crippen molar-refractivity contribution >= 4 is 11.8 Å². The molecule has 102 valence electrons. The van der Waals surface area contributed by atoms with Gasteiger partial charge in [0.1, 0.15) is 0 Å². The van der Waals surface area contributed by atoms with Gasteiger partial charge in [-0.3, -0.25) is 14.4 Å². The van der Waals surface area contributed by atoms with E-state index in [-0.39, 0.29) is 23.3 Å².